The number of fused-ring (bicyclic) bond motifs is 11. The predicted octanol–water partition coefficient (Wildman–Crippen LogP) is 15.3. The summed E-state index contributed by atoms with van der Waals surface area (Å²) in [6, 6.07) is 86.5. The number of nitrogens with zero attached hydrogens (tertiary/aromatic N) is 4. The molecular weight excluding hydrogens is 1060 g/mol. The minimum absolute atomic E-state index is 0.286. The fourth-order valence-electron chi connectivity index (χ4n) is 17.1. The minimum atomic E-state index is -2.47. The summed E-state index contributed by atoms with van der Waals surface area (Å²) in [7, 11) is -4.92. The lowest BCUT2D eigenvalue weighted by Crippen LogP contribution is -2.64. The van der Waals surface area contributed by atoms with Gasteiger partial charge >= 0.3 is 0 Å². The molecule has 8 heteroatoms. The lowest BCUT2D eigenvalue weighted by Gasteiger charge is -2.50. The van der Waals surface area contributed by atoms with Gasteiger partial charge in [-0.1, -0.05) is 161 Å². The molecule has 0 amide bonds. The Morgan fingerprint density at radius 3 is 1.33 bits per heavy atom. The van der Waals surface area contributed by atoms with E-state index in [0.717, 1.165) is 56.5 Å². The van der Waals surface area contributed by atoms with Crippen LogP contribution in [-0.4, -0.2) is 17.6 Å². The molecule has 6 nitrogen and oxygen atoms in total. The van der Waals surface area contributed by atoms with Crippen LogP contribution in [0, 0.1) is 0 Å². The zero-order valence-corrected chi connectivity index (χ0v) is 49.0. The maximum absolute atomic E-state index is 8.00. The molecule has 6 aliphatic heterocycles. The van der Waals surface area contributed by atoms with Crippen molar-refractivity contribution in [3.05, 3.63) is 253 Å². The van der Waals surface area contributed by atoms with Crippen LogP contribution in [-0.2, 0) is 10.8 Å². The maximum Gasteiger partial charge on any atom is 0.153 e. The van der Waals surface area contributed by atoms with Crippen LogP contribution in [0.15, 0.2) is 231 Å². The molecular formula is C76H52N4O2Si2. The molecule has 0 radical (unpaired) electrons. The van der Waals surface area contributed by atoms with E-state index < -0.39 is 17.6 Å². The first kappa shape index (κ1) is 45.7. The molecule has 6 heterocycles. The molecule has 8 aliphatic rings. The predicted molar refractivity (Wildman–Crippen MR) is 350 cm³/mol. The lowest BCUT2D eigenvalue weighted by molar-refractivity contribution is 0.487. The summed E-state index contributed by atoms with van der Waals surface area (Å²) in [6.45, 7) is 9.78. The van der Waals surface area contributed by atoms with Gasteiger partial charge in [-0.15, -0.1) is 0 Å². The minimum Gasteiger partial charge on any atom is -0.457 e. The Kier molecular flexibility index (Phi) is 8.49. The smallest absolute Gasteiger partial charge is 0.153 e. The summed E-state index contributed by atoms with van der Waals surface area (Å²) in [6.07, 6.45) is 0. The van der Waals surface area contributed by atoms with Crippen LogP contribution in [0.2, 0.25) is 0 Å². The van der Waals surface area contributed by atoms with Crippen molar-refractivity contribution in [2.24, 2.45) is 0 Å². The molecule has 396 valence electrons. The molecule has 0 spiro atoms. The van der Waals surface area contributed by atoms with E-state index in [2.05, 4.69) is 278 Å². The summed E-state index contributed by atoms with van der Waals surface area (Å²) in [4.78, 5) is 10.4. The molecule has 0 N–H and O–H groups in total. The van der Waals surface area contributed by atoms with Gasteiger partial charge in [0.05, 0.1) is 22.7 Å². The Balaban J connectivity index is 0.947. The normalized spacial score (nSPS) is 17.6. The van der Waals surface area contributed by atoms with Crippen molar-refractivity contribution in [3.63, 3.8) is 0 Å². The molecule has 20 rings (SSSR count). The first-order valence-electron chi connectivity index (χ1n) is 29.6. The highest BCUT2D eigenvalue weighted by Crippen LogP contribution is 2.62. The van der Waals surface area contributed by atoms with Crippen molar-refractivity contribution in [1.82, 2.24) is 0 Å². The number of benzene rings is 12. The van der Waals surface area contributed by atoms with Crippen molar-refractivity contribution >= 4 is 128 Å². The van der Waals surface area contributed by atoms with Crippen molar-refractivity contribution < 1.29 is 9.47 Å². The van der Waals surface area contributed by atoms with Gasteiger partial charge < -0.3 is 29.1 Å². The summed E-state index contributed by atoms with van der Waals surface area (Å²) in [5.41, 5.74) is 24.5. The van der Waals surface area contributed by atoms with Gasteiger partial charge in [0.15, 0.2) is 17.6 Å². The standard InChI is InChI=1S/C76H52N4O2Si2/c1-75(2)52-33-19-17-31-48(52)50-41-58-71-66(63(50)75)80(47-29-15-8-16-30-47)56-37-22-38-59-70(56)84(71)72-57(77(58)44-23-9-5-10-24-44)39-43-40-60-73-65(62(43)68(72)82-59)78(45-25-11-6-12-26-45)54-35-21-36-55-69(54)83(73)74-61(81-60)42-51-49-32-18-20-34-53(49)76(3,4)64(51)67(74)79(55)46-27-13-7-14-28-46/h5-42,83-84H,1-4H3. The molecule has 2 atom stereocenters. The first-order valence-corrected chi connectivity index (χ1v) is 33.0. The van der Waals surface area contributed by atoms with Gasteiger partial charge in [-0.3, -0.25) is 0 Å². The van der Waals surface area contributed by atoms with Crippen LogP contribution >= 0.6 is 0 Å². The molecule has 2 aliphatic carbocycles. The van der Waals surface area contributed by atoms with Crippen LogP contribution in [0.4, 0.5) is 68.2 Å². The third kappa shape index (κ3) is 5.39. The number of ether oxygens (including phenoxy) is 2. The second kappa shape index (κ2) is 15.6. The van der Waals surface area contributed by atoms with Crippen molar-refractivity contribution in [1.29, 1.82) is 0 Å². The van der Waals surface area contributed by atoms with Crippen LogP contribution < -0.4 is 60.2 Å². The van der Waals surface area contributed by atoms with Gasteiger partial charge in [0.1, 0.15) is 23.0 Å². The number of hydrogen-bond acceptors (Lipinski definition) is 6. The molecule has 12 aromatic rings. The Morgan fingerprint density at radius 1 is 0.310 bits per heavy atom. The van der Waals surface area contributed by atoms with E-state index in [0.29, 0.717) is 0 Å². The highest BCUT2D eigenvalue weighted by molar-refractivity contribution is 7.03. The second-order valence-corrected chi connectivity index (χ2v) is 30.2. The summed E-state index contributed by atoms with van der Waals surface area (Å²) >= 11 is 0. The van der Waals surface area contributed by atoms with Gasteiger partial charge in [-0.05, 0) is 157 Å². The van der Waals surface area contributed by atoms with Gasteiger partial charge in [0.2, 0.25) is 0 Å². The van der Waals surface area contributed by atoms with Crippen LogP contribution in [0.5, 0.6) is 23.0 Å². The van der Waals surface area contributed by atoms with Gasteiger partial charge in [-0.2, -0.15) is 0 Å². The Hall–Kier alpha value is -9.87. The highest BCUT2D eigenvalue weighted by Gasteiger charge is 2.55. The van der Waals surface area contributed by atoms with Crippen LogP contribution in [0.1, 0.15) is 49.9 Å². The quantitative estimate of drug-likeness (QED) is 0.163. The molecule has 0 bridgehead atoms. The summed E-state index contributed by atoms with van der Waals surface area (Å²) < 4.78 is 15.8. The first-order chi connectivity index (χ1) is 41.3. The van der Waals surface area contributed by atoms with E-state index in [4.69, 9.17) is 9.47 Å². The molecule has 0 saturated heterocycles. The number of hydrogen-bond donors (Lipinski definition) is 0. The van der Waals surface area contributed by atoms with Crippen LogP contribution in [0.25, 0.3) is 33.0 Å². The van der Waals surface area contributed by atoms with E-state index in [1.54, 1.807) is 0 Å². The number of anilines is 12. The van der Waals surface area contributed by atoms with E-state index in [1.807, 2.05) is 0 Å². The summed E-state index contributed by atoms with van der Waals surface area (Å²) in [5, 5.41) is 10.5. The second-order valence-electron chi connectivity index (χ2n) is 25.0. The average Bonchev–Trinajstić information content (AvgIpc) is 0.993. The van der Waals surface area contributed by atoms with Crippen molar-refractivity contribution in [2.75, 3.05) is 19.6 Å². The zero-order chi connectivity index (χ0) is 55.2. The fraction of sp³-hybridized carbons (Fsp3) is 0.0789. The molecule has 0 aromatic heterocycles. The van der Waals surface area contributed by atoms with Crippen molar-refractivity contribution in [2.45, 2.75) is 38.5 Å². The topological polar surface area (TPSA) is 31.4 Å². The average molecular weight is 1110 g/mol. The molecule has 0 saturated carbocycles. The third-order valence-electron chi connectivity index (χ3n) is 20.2. The van der Waals surface area contributed by atoms with Gasteiger partial charge in [-0.25, -0.2) is 0 Å². The SMILES string of the molecule is CC1(C)c2ccccc2-c2cc3c4c(c21)N(c1ccccc1)c1cccc2c1[SiH]4c1c(cc4cc5c6c(c4c1N2c1ccccc1)Oc1cccc2c1[SiH]6c1c(cc4c(c1N2c1ccccc1)C(C)(C)c1ccccc1-4)N5c1ccccc1)O3. The molecule has 0 fully saturated rings. The Morgan fingerprint density at radius 2 is 0.750 bits per heavy atom. The largest absolute Gasteiger partial charge is 0.457 e. The van der Waals surface area contributed by atoms with Gasteiger partial charge in [0, 0.05) is 82.5 Å². The van der Waals surface area contributed by atoms with E-state index in [1.165, 1.54) is 121 Å². The molecule has 12 aromatic carbocycles. The highest BCUT2D eigenvalue weighted by atomic mass is 28.3. The van der Waals surface area contributed by atoms with Crippen LogP contribution in [0.3, 0.4) is 0 Å². The third-order valence-corrected chi connectivity index (χ3v) is 27.1. The zero-order valence-electron chi connectivity index (χ0n) is 46.7. The van der Waals surface area contributed by atoms with E-state index in [9.17, 15) is 0 Å². The fourth-order valence-corrected chi connectivity index (χ4v) is 24.8. The van der Waals surface area contributed by atoms with E-state index in [-0.39, 0.29) is 10.8 Å². The van der Waals surface area contributed by atoms with E-state index >= 15 is 0 Å². The molecule has 84 heavy (non-hydrogen) atoms. The number of rotatable bonds is 4. The number of para-hydroxylation sites is 4. The molecule has 2 unspecified atom stereocenters. The Bertz CT molecular complexity index is 5010. The van der Waals surface area contributed by atoms with Crippen molar-refractivity contribution in [3.8, 4) is 45.3 Å². The van der Waals surface area contributed by atoms with Gasteiger partial charge in [0.25, 0.3) is 0 Å². The lowest BCUT2D eigenvalue weighted by atomic mass is 9.81. The Labute approximate surface area is 490 Å². The monoisotopic (exact) mass is 1110 g/mol. The maximum atomic E-state index is 8.00. The summed E-state index contributed by atoms with van der Waals surface area (Å²) in [5.74, 6) is 3.84.